The van der Waals surface area contributed by atoms with E-state index in [1.54, 1.807) is 7.05 Å². The lowest BCUT2D eigenvalue weighted by Crippen LogP contribution is -2.43. The molecule has 31 heavy (non-hydrogen) atoms. The van der Waals surface area contributed by atoms with E-state index in [-0.39, 0.29) is 5.91 Å². The van der Waals surface area contributed by atoms with Crippen molar-refractivity contribution in [3.05, 3.63) is 41.3 Å². The summed E-state index contributed by atoms with van der Waals surface area (Å²) in [6.07, 6.45) is 11.5. The number of carbonyl (C=O) groups is 1. The largest absolute Gasteiger partial charge is 0.361 e. The molecular formula is C24H35N5O2. The number of amides is 1. The minimum Gasteiger partial charge on any atom is -0.361 e. The average molecular weight is 426 g/mol. The zero-order valence-electron chi connectivity index (χ0n) is 19.1. The number of nitrogens with zero attached hydrogens (tertiary/aromatic N) is 4. The second-order valence-electron chi connectivity index (χ2n) is 9.65. The van der Waals surface area contributed by atoms with Gasteiger partial charge in [-0.05, 0) is 25.8 Å². The van der Waals surface area contributed by atoms with Crippen LogP contribution in [0.1, 0.15) is 87.1 Å². The maximum Gasteiger partial charge on any atom is 0.227 e. The molecule has 1 aliphatic heterocycles. The first-order valence-electron chi connectivity index (χ1n) is 11.7. The van der Waals surface area contributed by atoms with E-state index in [4.69, 9.17) is 4.52 Å². The summed E-state index contributed by atoms with van der Waals surface area (Å²) in [6, 6.07) is 2.10. The first-order chi connectivity index (χ1) is 15.0. The van der Waals surface area contributed by atoms with Crippen LogP contribution in [-0.2, 0) is 17.8 Å². The Morgan fingerprint density at radius 2 is 2.00 bits per heavy atom. The number of hydrogen-bond donors (Lipinski definition) is 1. The van der Waals surface area contributed by atoms with Gasteiger partial charge in [-0.3, -0.25) is 9.69 Å². The molecule has 1 unspecified atom stereocenters. The van der Waals surface area contributed by atoms with Crippen LogP contribution in [0.4, 0.5) is 0 Å². The van der Waals surface area contributed by atoms with Crippen molar-refractivity contribution in [1.29, 1.82) is 0 Å². The molecule has 0 bridgehead atoms. The number of aromatic nitrogens is 3. The van der Waals surface area contributed by atoms with Crippen molar-refractivity contribution in [2.45, 2.75) is 77.2 Å². The van der Waals surface area contributed by atoms with E-state index < -0.39 is 5.41 Å². The average Bonchev–Trinajstić information content (AvgIpc) is 3.42. The Labute approximate surface area is 185 Å². The normalized spacial score (nSPS) is 22.8. The van der Waals surface area contributed by atoms with Crippen molar-refractivity contribution < 1.29 is 9.32 Å². The molecule has 1 aliphatic carbocycles. The minimum atomic E-state index is -0.489. The van der Waals surface area contributed by atoms with Gasteiger partial charge in [0.1, 0.15) is 11.6 Å². The molecule has 1 N–H and O–H groups in total. The second-order valence-corrected chi connectivity index (χ2v) is 9.65. The van der Waals surface area contributed by atoms with Crippen LogP contribution in [0.25, 0.3) is 0 Å². The molecule has 2 aromatic rings. The smallest absolute Gasteiger partial charge is 0.227 e. The number of carbonyl (C=O) groups excluding carboxylic acids is 1. The van der Waals surface area contributed by atoms with Crippen LogP contribution in [0, 0.1) is 5.41 Å². The highest BCUT2D eigenvalue weighted by Gasteiger charge is 2.45. The molecule has 3 heterocycles. The lowest BCUT2D eigenvalue weighted by molar-refractivity contribution is -0.130. The molecule has 4 rings (SSSR count). The highest BCUT2D eigenvalue weighted by molar-refractivity contribution is 5.83. The Bertz CT molecular complexity index is 872. The van der Waals surface area contributed by atoms with Gasteiger partial charge in [-0.2, -0.15) is 0 Å². The van der Waals surface area contributed by atoms with Crippen LogP contribution in [0.3, 0.4) is 0 Å². The Morgan fingerprint density at radius 1 is 1.26 bits per heavy atom. The summed E-state index contributed by atoms with van der Waals surface area (Å²) in [4.78, 5) is 24.2. The summed E-state index contributed by atoms with van der Waals surface area (Å²) >= 11 is 0. The van der Waals surface area contributed by atoms with E-state index in [9.17, 15) is 4.79 Å². The van der Waals surface area contributed by atoms with E-state index in [2.05, 4.69) is 45.3 Å². The van der Waals surface area contributed by atoms with Gasteiger partial charge < -0.3 is 9.84 Å². The Morgan fingerprint density at radius 3 is 2.68 bits per heavy atom. The predicted octanol–water partition coefficient (Wildman–Crippen LogP) is 3.82. The molecule has 0 aromatic carbocycles. The van der Waals surface area contributed by atoms with Crippen molar-refractivity contribution in [2.75, 3.05) is 20.1 Å². The maximum atomic E-state index is 12.9. The molecule has 2 aliphatic rings. The highest BCUT2D eigenvalue weighted by Crippen LogP contribution is 2.37. The summed E-state index contributed by atoms with van der Waals surface area (Å²) in [6.45, 7) is 6.49. The SMILES string of the molecule is CNC(=O)C1(Cc2cc(C3CCCCC3)no2)CCN(Cc2cnc(C(C)C)nc2)C1. The van der Waals surface area contributed by atoms with Crippen LogP contribution < -0.4 is 5.32 Å². The number of likely N-dealkylation sites (tertiary alicyclic amines) is 1. The molecule has 168 valence electrons. The van der Waals surface area contributed by atoms with Crippen LogP contribution in [0.15, 0.2) is 23.0 Å². The van der Waals surface area contributed by atoms with E-state index in [1.165, 1.54) is 32.1 Å². The van der Waals surface area contributed by atoms with Crippen LogP contribution in [0.2, 0.25) is 0 Å². The number of nitrogens with one attached hydrogen (secondary N) is 1. The number of rotatable bonds is 7. The second kappa shape index (κ2) is 9.47. The summed E-state index contributed by atoms with van der Waals surface area (Å²) in [5.74, 6) is 2.61. The molecule has 1 saturated heterocycles. The molecule has 1 saturated carbocycles. The van der Waals surface area contributed by atoms with Gasteiger partial charge in [0.25, 0.3) is 0 Å². The van der Waals surface area contributed by atoms with Crippen LogP contribution in [0.5, 0.6) is 0 Å². The van der Waals surface area contributed by atoms with Crippen molar-refractivity contribution in [3.63, 3.8) is 0 Å². The van der Waals surface area contributed by atoms with Crippen molar-refractivity contribution in [3.8, 4) is 0 Å². The molecule has 7 heteroatoms. The monoisotopic (exact) mass is 425 g/mol. The molecule has 2 fully saturated rings. The van der Waals surface area contributed by atoms with Crippen molar-refractivity contribution in [1.82, 2.24) is 25.3 Å². The lowest BCUT2D eigenvalue weighted by atomic mass is 9.81. The van der Waals surface area contributed by atoms with E-state index in [0.29, 0.717) is 24.8 Å². The summed E-state index contributed by atoms with van der Waals surface area (Å²) in [5, 5.41) is 7.26. The fraction of sp³-hybridized carbons (Fsp3) is 0.667. The third-order valence-electron chi connectivity index (χ3n) is 6.90. The van der Waals surface area contributed by atoms with Crippen molar-refractivity contribution >= 4 is 5.91 Å². The van der Waals surface area contributed by atoms with Gasteiger partial charge in [0.05, 0.1) is 11.1 Å². The Kier molecular flexibility index (Phi) is 6.70. The van der Waals surface area contributed by atoms with Gasteiger partial charge in [-0.1, -0.05) is 38.3 Å². The fourth-order valence-electron chi connectivity index (χ4n) is 5.11. The molecule has 1 atom stereocenters. The molecule has 7 nitrogen and oxygen atoms in total. The first-order valence-corrected chi connectivity index (χ1v) is 11.7. The molecule has 0 radical (unpaired) electrons. The highest BCUT2D eigenvalue weighted by atomic mass is 16.5. The predicted molar refractivity (Wildman–Crippen MR) is 119 cm³/mol. The standard InChI is InChI=1S/C24H35N5O2/c1-17(2)22-26-13-18(14-27-22)15-29-10-9-24(16-29,23(30)25-3)12-20-11-21(28-31-20)19-7-5-4-6-8-19/h11,13-14,17,19H,4-10,12,15-16H2,1-3H3,(H,25,30). The molecule has 2 aromatic heterocycles. The Balaban J connectivity index is 1.44. The third kappa shape index (κ3) is 4.97. The zero-order chi connectivity index (χ0) is 21.8. The number of hydrogen-bond acceptors (Lipinski definition) is 6. The van der Waals surface area contributed by atoms with Gasteiger partial charge in [-0.25, -0.2) is 9.97 Å². The van der Waals surface area contributed by atoms with Gasteiger partial charge in [0.15, 0.2) is 0 Å². The Hall–Kier alpha value is -2.28. The van der Waals surface area contributed by atoms with Crippen LogP contribution >= 0.6 is 0 Å². The van der Waals surface area contributed by atoms with Gasteiger partial charge >= 0.3 is 0 Å². The van der Waals surface area contributed by atoms with Crippen molar-refractivity contribution in [2.24, 2.45) is 5.41 Å². The van der Waals surface area contributed by atoms with E-state index in [0.717, 1.165) is 42.4 Å². The quantitative estimate of drug-likeness (QED) is 0.726. The molecule has 1 amide bonds. The van der Waals surface area contributed by atoms with Crippen LogP contribution in [-0.4, -0.2) is 46.1 Å². The topological polar surface area (TPSA) is 84.2 Å². The fourth-order valence-corrected chi connectivity index (χ4v) is 5.11. The maximum absolute atomic E-state index is 12.9. The molecule has 0 spiro atoms. The first kappa shape index (κ1) is 21.9. The minimum absolute atomic E-state index is 0.0806. The van der Waals surface area contributed by atoms with E-state index in [1.807, 2.05) is 12.4 Å². The summed E-state index contributed by atoms with van der Waals surface area (Å²) in [7, 11) is 1.72. The lowest BCUT2D eigenvalue weighted by Gasteiger charge is -2.26. The summed E-state index contributed by atoms with van der Waals surface area (Å²) in [5.41, 5.74) is 1.66. The van der Waals surface area contributed by atoms with Gasteiger partial charge in [-0.15, -0.1) is 0 Å². The third-order valence-corrected chi connectivity index (χ3v) is 6.90. The summed E-state index contributed by atoms with van der Waals surface area (Å²) < 4.78 is 5.72. The molecular weight excluding hydrogens is 390 g/mol. The van der Waals surface area contributed by atoms with Gasteiger partial charge in [0, 0.05) is 62.4 Å². The zero-order valence-corrected chi connectivity index (χ0v) is 19.1. The van der Waals surface area contributed by atoms with E-state index >= 15 is 0 Å². The van der Waals surface area contributed by atoms with Gasteiger partial charge in [0.2, 0.25) is 5.91 Å².